The van der Waals surface area contributed by atoms with Gasteiger partial charge in [-0.05, 0) is 38.5 Å². The minimum absolute atomic E-state index is 0.0997. The number of imide groups is 1. The van der Waals surface area contributed by atoms with Crippen molar-refractivity contribution in [3.63, 3.8) is 0 Å². The van der Waals surface area contributed by atoms with Gasteiger partial charge in [-0.2, -0.15) is 0 Å². The summed E-state index contributed by atoms with van der Waals surface area (Å²) in [6, 6.07) is 3.95. The topological polar surface area (TPSA) is 92.8 Å². The van der Waals surface area contributed by atoms with Gasteiger partial charge in [0.1, 0.15) is 10.6 Å². The van der Waals surface area contributed by atoms with Gasteiger partial charge in [0, 0.05) is 18.9 Å². The van der Waals surface area contributed by atoms with Crippen LogP contribution in [0, 0.1) is 0 Å². The summed E-state index contributed by atoms with van der Waals surface area (Å²) in [5.74, 6) is -0.503. The number of hydrogen-bond acceptors (Lipinski definition) is 5. The Morgan fingerprint density at radius 2 is 1.78 bits per heavy atom. The third kappa shape index (κ3) is 3.70. The van der Waals surface area contributed by atoms with E-state index >= 15 is 0 Å². The van der Waals surface area contributed by atoms with Gasteiger partial charge in [0.25, 0.3) is 0 Å². The SMILES string of the molecule is COc1ccc(N2C(=O)CCCC2=O)cc1S(=O)(=O)NC(C)C. The van der Waals surface area contributed by atoms with Crippen LogP contribution >= 0.6 is 0 Å². The van der Waals surface area contributed by atoms with Crippen LogP contribution in [-0.4, -0.2) is 33.4 Å². The molecule has 1 aromatic carbocycles. The first kappa shape index (κ1) is 17.4. The van der Waals surface area contributed by atoms with Crippen LogP contribution in [0.15, 0.2) is 23.1 Å². The maximum absolute atomic E-state index is 12.4. The molecule has 23 heavy (non-hydrogen) atoms. The maximum atomic E-state index is 12.4. The zero-order valence-corrected chi connectivity index (χ0v) is 14.1. The second kappa shape index (κ2) is 6.67. The largest absolute Gasteiger partial charge is 0.495 e. The lowest BCUT2D eigenvalue weighted by Crippen LogP contribution is -2.40. The highest BCUT2D eigenvalue weighted by Crippen LogP contribution is 2.31. The molecule has 126 valence electrons. The highest BCUT2D eigenvalue weighted by atomic mass is 32.2. The minimum atomic E-state index is -3.82. The summed E-state index contributed by atoms with van der Waals surface area (Å²) in [6.07, 6.45) is 1.05. The molecule has 1 N–H and O–H groups in total. The van der Waals surface area contributed by atoms with E-state index in [1.807, 2.05) is 0 Å². The average Bonchev–Trinajstić information content (AvgIpc) is 2.45. The van der Waals surface area contributed by atoms with Crippen molar-refractivity contribution in [3.05, 3.63) is 18.2 Å². The number of piperidine rings is 1. The molecule has 0 aromatic heterocycles. The highest BCUT2D eigenvalue weighted by molar-refractivity contribution is 7.89. The molecule has 0 saturated carbocycles. The molecule has 0 atom stereocenters. The Morgan fingerprint density at radius 1 is 1.17 bits per heavy atom. The first-order valence-corrected chi connectivity index (χ1v) is 8.80. The number of methoxy groups -OCH3 is 1. The number of amides is 2. The van der Waals surface area contributed by atoms with Gasteiger partial charge in [-0.15, -0.1) is 0 Å². The van der Waals surface area contributed by atoms with E-state index in [9.17, 15) is 18.0 Å². The summed E-state index contributed by atoms with van der Waals surface area (Å²) in [7, 11) is -2.46. The third-order valence-electron chi connectivity index (χ3n) is 3.37. The summed E-state index contributed by atoms with van der Waals surface area (Å²) >= 11 is 0. The zero-order valence-electron chi connectivity index (χ0n) is 13.3. The van der Waals surface area contributed by atoms with Crippen molar-refractivity contribution in [1.82, 2.24) is 4.72 Å². The number of nitrogens with zero attached hydrogens (tertiary/aromatic N) is 1. The van der Waals surface area contributed by atoms with E-state index in [4.69, 9.17) is 4.74 Å². The molecule has 0 bridgehead atoms. The van der Waals surface area contributed by atoms with E-state index < -0.39 is 10.0 Å². The standard InChI is InChI=1S/C15H20N2O5S/c1-10(2)16-23(20,21)13-9-11(7-8-12(13)22-3)17-14(18)5-4-6-15(17)19/h7-10,16H,4-6H2,1-3H3. The number of carbonyl (C=O) groups excluding carboxylic acids is 2. The van der Waals surface area contributed by atoms with Crippen molar-refractivity contribution in [2.75, 3.05) is 12.0 Å². The van der Waals surface area contributed by atoms with E-state index in [1.54, 1.807) is 13.8 Å². The van der Waals surface area contributed by atoms with Gasteiger partial charge in [-0.3, -0.25) is 14.5 Å². The van der Waals surface area contributed by atoms with Gasteiger partial charge in [0.2, 0.25) is 21.8 Å². The normalized spacial score (nSPS) is 16.1. The smallest absolute Gasteiger partial charge is 0.244 e. The molecule has 1 heterocycles. The molecule has 1 aliphatic heterocycles. The number of anilines is 1. The fourth-order valence-electron chi connectivity index (χ4n) is 2.43. The van der Waals surface area contributed by atoms with E-state index in [0.29, 0.717) is 6.42 Å². The van der Waals surface area contributed by atoms with E-state index in [-0.39, 0.29) is 47.0 Å². The van der Waals surface area contributed by atoms with Crippen molar-refractivity contribution in [2.24, 2.45) is 0 Å². The van der Waals surface area contributed by atoms with E-state index in [0.717, 1.165) is 4.90 Å². The van der Waals surface area contributed by atoms with Crippen molar-refractivity contribution < 1.29 is 22.7 Å². The number of hydrogen-bond donors (Lipinski definition) is 1. The highest BCUT2D eigenvalue weighted by Gasteiger charge is 2.29. The second-order valence-corrected chi connectivity index (χ2v) is 7.27. The number of nitrogens with one attached hydrogen (secondary N) is 1. The molecule has 1 fully saturated rings. The van der Waals surface area contributed by atoms with Crippen molar-refractivity contribution in [3.8, 4) is 5.75 Å². The predicted molar refractivity (Wildman–Crippen MR) is 84.8 cm³/mol. The zero-order chi connectivity index (χ0) is 17.2. The quantitative estimate of drug-likeness (QED) is 0.819. The Bertz CT molecular complexity index is 711. The predicted octanol–water partition coefficient (Wildman–Crippen LogP) is 1.43. The van der Waals surface area contributed by atoms with Gasteiger partial charge in [0.15, 0.2) is 0 Å². The summed E-state index contributed by atoms with van der Waals surface area (Å²) < 4.78 is 32.5. The number of carbonyl (C=O) groups is 2. The lowest BCUT2D eigenvalue weighted by Gasteiger charge is -2.25. The number of rotatable bonds is 5. The van der Waals surface area contributed by atoms with Crippen molar-refractivity contribution in [1.29, 1.82) is 0 Å². The van der Waals surface area contributed by atoms with Crippen LogP contribution in [0.3, 0.4) is 0 Å². The molecule has 0 unspecified atom stereocenters. The summed E-state index contributed by atoms with van der Waals surface area (Å²) in [4.78, 5) is 25.0. The Labute approximate surface area is 135 Å². The van der Waals surface area contributed by atoms with Gasteiger partial charge < -0.3 is 4.74 Å². The molecule has 0 radical (unpaired) electrons. The van der Waals surface area contributed by atoms with Crippen LogP contribution in [0.25, 0.3) is 0 Å². The van der Waals surface area contributed by atoms with Gasteiger partial charge >= 0.3 is 0 Å². The first-order chi connectivity index (χ1) is 10.8. The molecule has 2 amide bonds. The summed E-state index contributed by atoms with van der Waals surface area (Å²) in [5.41, 5.74) is 0.240. The Morgan fingerprint density at radius 3 is 2.30 bits per heavy atom. The maximum Gasteiger partial charge on any atom is 0.244 e. The van der Waals surface area contributed by atoms with Crippen molar-refractivity contribution in [2.45, 2.75) is 44.0 Å². The van der Waals surface area contributed by atoms with Gasteiger partial charge in [0.05, 0.1) is 12.8 Å². The van der Waals surface area contributed by atoms with Crippen LogP contribution in [0.2, 0.25) is 0 Å². The van der Waals surface area contributed by atoms with E-state index in [1.165, 1.54) is 25.3 Å². The van der Waals surface area contributed by atoms with Crippen LogP contribution in [0.5, 0.6) is 5.75 Å². The average molecular weight is 340 g/mol. The number of sulfonamides is 1. The first-order valence-electron chi connectivity index (χ1n) is 7.32. The van der Waals surface area contributed by atoms with Gasteiger partial charge in [-0.25, -0.2) is 13.1 Å². The molecule has 8 heteroatoms. The molecular formula is C15H20N2O5S. The Balaban J connectivity index is 2.51. The minimum Gasteiger partial charge on any atom is -0.495 e. The lowest BCUT2D eigenvalue weighted by molar-refractivity contribution is -0.129. The summed E-state index contributed by atoms with van der Waals surface area (Å²) in [5, 5.41) is 0. The molecule has 1 aliphatic rings. The molecule has 0 aliphatic carbocycles. The number of benzene rings is 1. The molecule has 0 spiro atoms. The fourth-order valence-corrected chi connectivity index (χ4v) is 3.87. The monoisotopic (exact) mass is 340 g/mol. The molecular weight excluding hydrogens is 320 g/mol. The molecule has 1 saturated heterocycles. The molecule has 2 rings (SSSR count). The Kier molecular flexibility index (Phi) is 5.06. The summed E-state index contributed by atoms with van der Waals surface area (Å²) in [6.45, 7) is 3.40. The number of ether oxygens (including phenoxy) is 1. The van der Waals surface area contributed by atoms with E-state index in [2.05, 4.69) is 4.72 Å². The molecule has 7 nitrogen and oxygen atoms in total. The van der Waals surface area contributed by atoms with Crippen LogP contribution in [0.1, 0.15) is 33.1 Å². The fraction of sp³-hybridized carbons (Fsp3) is 0.467. The van der Waals surface area contributed by atoms with Crippen LogP contribution in [0.4, 0.5) is 5.69 Å². The second-order valence-electron chi connectivity index (χ2n) is 5.59. The third-order valence-corrected chi connectivity index (χ3v) is 5.05. The van der Waals surface area contributed by atoms with Crippen molar-refractivity contribution >= 4 is 27.5 Å². The van der Waals surface area contributed by atoms with Crippen LogP contribution < -0.4 is 14.4 Å². The lowest BCUT2D eigenvalue weighted by atomic mass is 10.1. The van der Waals surface area contributed by atoms with Gasteiger partial charge in [-0.1, -0.05) is 0 Å². The Hall–Kier alpha value is -1.93. The van der Waals surface area contributed by atoms with Crippen LogP contribution in [-0.2, 0) is 19.6 Å². The molecule has 1 aromatic rings.